The Kier molecular flexibility index (Phi) is 4.99. The zero-order chi connectivity index (χ0) is 20.8. The van der Waals surface area contributed by atoms with Gasteiger partial charge in [-0.3, -0.25) is 10.2 Å². The second kappa shape index (κ2) is 7.22. The van der Waals surface area contributed by atoms with Crippen molar-refractivity contribution in [2.75, 3.05) is 20.1 Å². The summed E-state index contributed by atoms with van der Waals surface area (Å²) in [5.41, 5.74) is -0.381. The third kappa shape index (κ3) is 3.46. The van der Waals surface area contributed by atoms with Crippen molar-refractivity contribution in [1.29, 1.82) is 5.41 Å². The molecule has 2 aliphatic heterocycles. The molecule has 0 radical (unpaired) electrons. The summed E-state index contributed by atoms with van der Waals surface area (Å²) < 4.78 is 28.6. The summed E-state index contributed by atoms with van der Waals surface area (Å²) in [6, 6.07) is 12.9. The van der Waals surface area contributed by atoms with Gasteiger partial charge in [0.25, 0.3) is 0 Å². The number of benzene rings is 2. The van der Waals surface area contributed by atoms with Gasteiger partial charge in [0.1, 0.15) is 5.84 Å². The smallest absolute Gasteiger partial charge is 0.243 e. The maximum Gasteiger partial charge on any atom is 0.243 e. The topological polar surface area (TPSA) is 81.5 Å². The van der Waals surface area contributed by atoms with Crippen molar-refractivity contribution < 1.29 is 13.2 Å². The highest BCUT2D eigenvalue weighted by molar-refractivity contribution is 7.89. The van der Waals surface area contributed by atoms with Crippen molar-refractivity contribution in [3.8, 4) is 0 Å². The lowest BCUT2D eigenvalue weighted by Gasteiger charge is -2.46. The molecule has 7 heteroatoms. The predicted molar refractivity (Wildman–Crippen MR) is 113 cm³/mol. The van der Waals surface area contributed by atoms with Gasteiger partial charge >= 0.3 is 0 Å². The average Bonchev–Trinajstić information content (AvgIpc) is 2.71. The van der Waals surface area contributed by atoms with Gasteiger partial charge in [0.15, 0.2) is 0 Å². The van der Waals surface area contributed by atoms with E-state index in [0.717, 1.165) is 23.6 Å². The number of piperidine rings is 2. The number of rotatable bonds is 3. The minimum Gasteiger partial charge on any atom is -0.304 e. The van der Waals surface area contributed by atoms with Crippen LogP contribution in [0.25, 0.3) is 10.8 Å². The summed E-state index contributed by atoms with van der Waals surface area (Å²) in [7, 11) is -2.00. The van der Waals surface area contributed by atoms with Crippen molar-refractivity contribution in [3.05, 3.63) is 42.5 Å². The van der Waals surface area contributed by atoms with Gasteiger partial charge < -0.3 is 4.90 Å². The molecule has 0 aliphatic carbocycles. The van der Waals surface area contributed by atoms with E-state index in [1.54, 1.807) is 23.5 Å². The molecule has 2 fully saturated rings. The molecular formula is C22H27N3O3S. The van der Waals surface area contributed by atoms with E-state index in [1.807, 2.05) is 37.3 Å². The molecule has 2 aliphatic rings. The number of hydrogen-bond donors (Lipinski definition) is 1. The molecule has 0 spiro atoms. The number of sulfonamides is 1. The zero-order valence-corrected chi connectivity index (χ0v) is 17.7. The fourth-order valence-electron chi connectivity index (χ4n) is 4.76. The van der Waals surface area contributed by atoms with Gasteiger partial charge in [0.05, 0.1) is 4.90 Å². The van der Waals surface area contributed by atoms with Gasteiger partial charge in [0, 0.05) is 38.4 Å². The van der Waals surface area contributed by atoms with Crippen molar-refractivity contribution in [3.63, 3.8) is 0 Å². The summed E-state index contributed by atoms with van der Waals surface area (Å²) in [6.07, 6.45) is 2.50. The normalized spacial score (nSPS) is 26.8. The maximum atomic E-state index is 13.5. The summed E-state index contributed by atoms with van der Waals surface area (Å²) in [5.74, 6) is 0.314. The van der Waals surface area contributed by atoms with Crippen molar-refractivity contribution in [2.24, 2.45) is 11.3 Å². The van der Waals surface area contributed by atoms with Crippen LogP contribution in [0, 0.1) is 16.7 Å². The number of hydrogen-bond acceptors (Lipinski definition) is 4. The number of amides is 1. The Labute approximate surface area is 172 Å². The molecule has 6 nitrogen and oxygen atoms in total. The number of carbonyl (C=O) groups is 1. The summed E-state index contributed by atoms with van der Waals surface area (Å²) in [4.78, 5) is 14.1. The number of likely N-dealkylation sites (tertiary alicyclic amines) is 1. The molecule has 154 valence electrons. The molecule has 29 heavy (non-hydrogen) atoms. The fourth-order valence-corrected chi connectivity index (χ4v) is 6.49. The van der Waals surface area contributed by atoms with Gasteiger partial charge in [-0.05, 0) is 35.6 Å². The van der Waals surface area contributed by atoms with E-state index in [2.05, 4.69) is 0 Å². The minimum absolute atomic E-state index is 0.0546. The second-order valence-corrected chi connectivity index (χ2v) is 10.5. The lowest BCUT2D eigenvalue weighted by atomic mass is 9.67. The van der Waals surface area contributed by atoms with Crippen LogP contribution in [0.15, 0.2) is 47.4 Å². The van der Waals surface area contributed by atoms with Crippen LogP contribution in [0.4, 0.5) is 0 Å². The Morgan fingerprint density at radius 2 is 1.83 bits per heavy atom. The van der Waals surface area contributed by atoms with Crippen LogP contribution in [0.1, 0.15) is 32.6 Å². The largest absolute Gasteiger partial charge is 0.304 e. The summed E-state index contributed by atoms with van der Waals surface area (Å²) in [6.45, 7) is 2.92. The predicted octanol–water partition coefficient (Wildman–Crippen LogP) is 3.48. The SMILES string of the molecule is CN1C(=N)C[C@](C)(C2CCCN(S(=O)(=O)c3cccc4ccccc34)C2)CC1=O. The van der Waals surface area contributed by atoms with Crippen LogP contribution >= 0.6 is 0 Å². The van der Waals surface area contributed by atoms with Crippen LogP contribution < -0.4 is 0 Å². The molecule has 4 rings (SSSR count). The van der Waals surface area contributed by atoms with Gasteiger partial charge in [-0.1, -0.05) is 43.3 Å². The Bertz CT molecular complexity index is 1060. The maximum absolute atomic E-state index is 13.5. The molecule has 0 aromatic heterocycles. The highest BCUT2D eigenvalue weighted by Gasteiger charge is 2.45. The Hall–Kier alpha value is -2.25. The monoisotopic (exact) mass is 413 g/mol. The van der Waals surface area contributed by atoms with Crippen LogP contribution in [0.3, 0.4) is 0 Å². The third-order valence-corrected chi connectivity index (χ3v) is 8.57. The lowest BCUT2D eigenvalue weighted by Crippen LogP contribution is -2.51. The second-order valence-electron chi connectivity index (χ2n) is 8.59. The Balaban J connectivity index is 1.64. The summed E-state index contributed by atoms with van der Waals surface area (Å²) >= 11 is 0. The lowest BCUT2D eigenvalue weighted by molar-refractivity contribution is -0.131. The van der Waals surface area contributed by atoms with Crippen molar-refractivity contribution >= 4 is 32.5 Å². The van der Waals surface area contributed by atoms with Crippen LogP contribution in [-0.2, 0) is 14.8 Å². The van der Waals surface area contributed by atoms with Crippen molar-refractivity contribution in [2.45, 2.75) is 37.5 Å². The highest BCUT2D eigenvalue weighted by atomic mass is 32.2. The number of nitrogens with one attached hydrogen (secondary N) is 1. The first-order valence-electron chi connectivity index (χ1n) is 10.0. The minimum atomic E-state index is -3.64. The van der Waals surface area contributed by atoms with E-state index in [1.165, 1.54) is 4.90 Å². The van der Waals surface area contributed by atoms with E-state index >= 15 is 0 Å². The van der Waals surface area contributed by atoms with E-state index in [9.17, 15) is 13.2 Å². The molecule has 2 atom stereocenters. The van der Waals surface area contributed by atoms with E-state index < -0.39 is 10.0 Å². The van der Waals surface area contributed by atoms with Gasteiger partial charge in [-0.15, -0.1) is 0 Å². The quantitative estimate of drug-likeness (QED) is 0.836. The van der Waals surface area contributed by atoms with Gasteiger partial charge in [-0.25, -0.2) is 8.42 Å². The molecule has 1 amide bonds. The molecule has 2 aromatic rings. The third-order valence-electron chi connectivity index (χ3n) is 6.64. The highest BCUT2D eigenvalue weighted by Crippen LogP contribution is 2.44. The van der Waals surface area contributed by atoms with Gasteiger partial charge in [0.2, 0.25) is 15.9 Å². The molecular weight excluding hydrogens is 386 g/mol. The van der Waals surface area contributed by atoms with Crippen LogP contribution in [0.2, 0.25) is 0 Å². The molecule has 2 aromatic carbocycles. The number of fused-ring (bicyclic) bond motifs is 1. The van der Waals surface area contributed by atoms with Crippen LogP contribution in [-0.4, -0.2) is 49.5 Å². The number of amidine groups is 1. The molecule has 2 saturated heterocycles. The first-order valence-corrected chi connectivity index (χ1v) is 11.5. The fraction of sp³-hybridized carbons (Fsp3) is 0.455. The van der Waals surface area contributed by atoms with Crippen molar-refractivity contribution in [1.82, 2.24) is 9.21 Å². The Morgan fingerprint density at radius 3 is 2.59 bits per heavy atom. The zero-order valence-electron chi connectivity index (χ0n) is 16.9. The first kappa shape index (κ1) is 20.0. The Morgan fingerprint density at radius 1 is 1.10 bits per heavy atom. The molecule has 1 unspecified atom stereocenters. The van der Waals surface area contributed by atoms with E-state index in [4.69, 9.17) is 5.41 Å². The van der Waals surface area contributed by atoms with Gasteiger partial charge in [-0.2, -0.15) is 4.31 Å². The van der Waals surface area contributed by atoms with Crippen LogP contribution in [0.5, 0.6) is 0 Å². The molecule has 1 N–H and O–H groups in total. The molecule has 0 bridgehead atoms. The molecule has 0 saturated carbocycles. The van der Waals surface area contributed by atoms with E-state index in [-0.39, 0.29) is 17.2 Å². The first-order chi connectivity index (χ1) is 13.7. The number of carbonyl (C=O) groups excluding carboxylic acids is 1. The summed E-state index contributed by atoms with van der Waals surface area (Å²) in [5, 5.41) is 9.81. The standard InChI is InChI=1S/C22H27N3O3S/c1-22(13-20(23)24(2)21(26)14-22)17-9-6-12-25(15-17)29(27,28)19-11-5-8-16-7-3-4-10-18(16)19/h3-5,7-8,10-11,17,23H,6,9,12-15H2,1-2H3/t17?,22-/m0/s1. The average molecular weight is 414 g/mol. The number of nitrogens with zero attached hydrogens (tertiary/aromatic N) is 2. The molecule has 2 heterocycles. The van der Waals surface area contributed by atoms with E-state index in [0.29, 0.717) is 36.7 Å².